The smallest absolute Gasteiger partial charge is 0.220 e. The van der Waals surface area contributed by atoms with Crippen LogP contribution in [0.25, 0.3) is 0 Å². The van der Waals surface area contributed by atoms with E-state index in [1.165, 1.54) is 11.1 Å². The number of benzene rings is 1. The highest BCUT2D eigenvalue weighted by atomic mass is 16.5. The molecule has 0 aliphatic carbocycles. The van der Waals surface area contributed by atoms with E-state index in [1.807, 2.05) is 0 Å². The number of carbonyl (C=O) groups is 1. The topological polar surface area (TPSA) is 50.4 Å². The van der Waals surface area contributed by atoms with E-state index >= 15 is 0 Å². The summed E-state index contributed by atoms with van der Waals surface area (Å²) in [6, 6.07) is 8.77. The average molecular weight is 302 g/mol. The van der Waals surface area contributed by atoms with Crippen LogP contribution in [0.1, 0.15) is 42.9 Å². The minimum Gasteiger partial charge on any atom is -0.381 e. The molecule has 2 aliphatic heterocycles. The molecule has 4 nitrogen and oxygen atoms in total. The zero-order valence-electron chi connectivity index (χ0n) is 13.1. The van der Waals surface area contributed by atoms with Crippen molar-refractivity contribution in [3.63, 3.8) is 0 Å². The number of rotatable bonds is 5. The van der Waals surface area contributed by atoms with Crippen molar-refractivity contribution < 1.29 is 9.53 Å². The van der Waals surface area contributed by atoms with Crippen LogP contribution in [0.5, 0.6) is 0 Å². The maximum Gasteiger partial charge on any atom is 0.220 e. The molecule has 22 heavy (non-hydrogen) atoms. The van der Waals surface area contributed by atoms with Crippen LogP contribution in [-0.2, 0) is 16.0 Å². The van der Waals surface area contributed by atoms with Gasteiger partial charge in [0.2, 0.25) is 5.91 Å². The summed E-state index contributed by atoms with van der Waals surface area (Å²) in [6.45, 7) is 3.38. The summed E-state index contributed by atoms with van der Waals surface area (Å²) < 4.78 is 5.36. The van der Waals surface area contributed by atoms with Crippen LogP contribution < -0.4 is 10.6 Å². The minimum atomic E-state index is 0.177. The highest BCUT2D eigenvalue weighted by molar-refractivity contribution is 5.75. The lowest BCUT2D eigenvalue weighted by atomic mass is 9.94. The highest BCUT2D eigenvalue weighted by Crippen LogP contribution is 2.22. The molecule has 1 unspecified atom stereocenters. The molecule has 2 heterocycles. The van der Waals surface area contributed by atoms with Gasteiger partial charge in [0.15, 0.2) is 0 Å². The maximum absolute atomic E-state index is 12.1. The zero-order valence-corrected chi connectivity index (χ0v) is 13.1. The fourth-order valence-corrected chi connectivity index (χ4v) is 3.45. The van der Waals surface area contributed by atoms with Crippen LogP contribution in [-0.4, -0.2) is 32.2 Å². The van der Waals surface area contributed by atoms with Crippen LogP contribution in [0.15, 0.2) is 24.3 Å². The van der Waals surface area contributed by atoms with E-state index in [0.717, 1.165) is 45.4 Å². The summed E-state index contributed by atoms with van der Waals surface area (Å²) in [4.78, 5) is 12.1. The molecule has 4 heteroatoms. The molecule has 0 saturated carbocycles. The monoisotopic (exact) mass is 302 g/mol. The summed E-state index contributed by atoms with van der Waals surface area (Å²) in [7, 11) is 0. The molecule has 120 valence electrons. The van der Waals surface area contributed by atoms with Crippen LogP contribution >= 0.6 is 0 Å². The lowest BCUT2D eigenvalue weighted by Crippen LogP contribution is -2.38. The van der Waals surface area contributed by atoms with E-state index in [1.54, 1.807) is 0 Å². The largest absolute Gasteiger partial charge is 0.381 e. The molecule has 1 aromatic rings. The van der Waals surface area contributed by atoms with Crippen molar-refractivity contribution in [1.29, 1.82) is 0 Å². The number of fused-ring (bicyclic) bond motifs is 1. The standard InChI is InChI=1S/C18H26N2O2/c21-18(6-5-14-8-11-22-12-9-14)20-13-17-16-4-2-1-3-15(16)7-10-19-17/h1-4,14,17,19H,5-13H2,(H,20,21). The van der Waals surface area contributed by atoms with Crippen molar-refractivity contribution in [2.45, 2.75) is 38.1 Å². The van der Waals surface area contributed by atoms with Gasteiger partial charge < -0.3 is 15.4 Å². The van der Waals surface area contributed by atoms with Crippen LogP contribution in [0.4, 0.5) is 0 Å². The molecule has 1 atom stereocenters. The SMILES string of the molecule is O=C(CCC1CCOCC1)NCC1NCCc2ccccc21. The Balaban J connectivity index is 1.43. The minimum absolute atomic E-state index is 0.177. The molecule has 0 spiro atoms. The molecule has 0 bridgehead atoms. The Hall–Kier alpha value is -1.39. The zero-order chi connectivity index (χ0) is 15.2. The average Bonchev–Trinajstić information content (AvgIpc) is 2.59. The van der Waals surface area contributed by atoms with E-state index in [4.69, 9.17) is 4.74 Å². The number of carbonyl (C=O) groups excluding carboxylic acids is 1. The van der Waals surface area contributed by atoms with E-state index < -0.39 is 0 Å². The van der Waals surface area contributed by atoms with Gasteiger partial charge in [0.05, 0.1) is 0 Å². The summed E-state index contributed by atoms with van der Waals surface area (Å²) in [6.07, 6.45) is 4.91. The predicted molar refractivity (Wildman–Crippen MR) is 86.7 cm³/mol. The Kier molecular flexibility index (Phi) is 5.46. The third kappa shape index (κ3) is 4.08. The van der Waals surface area contributed by atoms with Crippen LogP contribution in [0, 0.1) is 5.92 Å². The van der Waals surface area contributed by atoms with Gasteiger partial charge in [0.1, 0.15) is 0 Å². The Morgan fingerprint density at radius 1 is 1.27 bits per heavy atom. The number of hydrogen-bond donors (Lipinski definition) is 2. The van der Waals surface area contributed by atoms with Gasteiger partial charge in [-0.1, -0.05) is 24.3 Å². The number of ether oxygens (including phenoxy) is 1. The Morgan fingerprint density at radius 2 is 2.09 bits per heavy atom. The first-order valence-corrected chi connectivity index (χ1v) is 8.48. The Bertz CT molecular complexity index is 498. The van der Waals surface area contributed by atoms with Crippen molar-refractivity contribution in [1.82, 2.24) is 10.6 Å². The summed E-state index contributed by atoms with van der Waals surface area (Å²) >= 11 is 0. The normalized spacial score (nSPS) is 22.1. The first-order chi connectivity index (χ1) is 10.8. The Morgan fingerprint density at radius 3 is 2.95 bits per heavy atom. The Labute approximate surface area is 132 Å². The van der Waals surface area contributed by atoms with Gasteiger partial charge in [-0.25, -0.2) is 0 Å². The highest BCUT2D eigenvalue weighted by Gasteiger charge is 2.20. The van der Waals surface area contributed by atoms with Gasteiger partial charge in [0.25, 0.3) is 0 Å². The van der Waals surface area contributed by atoms with Crippen LogP contribution in [0.3, 0.4) is 0 Å². The van der Waals surface area contributed by atoms with Gasteiger partial charge in [-0.2, -0.15) is 0 Å². The molecule has 2 aliphatic rings. The lowest BCUT2D eigenvalue weighted by Gasteiger charge is -2.27. The van der Waals surface area contributed by atoms with E-state index in [0.29, 0.717) is 18.9 Å². The van der Waals surface area contributed by atoms with Gasteiger partial charge >= 0.3 is 0 Å². The maximum atomic E-state index is 12.1. The molecular formula is C18H26N2O2. The summed E-state index contributed by atoms with van der Waals surface area (Å²) in [5.74, 6) is 0.837. The quantitative estimate of drug-likeness (QED) is 0.876. The van der Waals surface area contributed by atoms with Crippen molar-refractivity contribution in [2.75, 3.05) is 26.3 Å². The lowest BCUT2D eigenvalue weighted by molar-refractivity contribution is -0.121. The molecule has 3 rings (SSSR count). The first-order valence-electron chi connectivity index (χ1n) is 8.48. The summed E-state index contributed by atoms with van der Waals surface area (Å²) in [5, 5.41) is 6.61. The van der Waals surface area contributed by atoms with Crippen LogP contribution in [0.2, 0.25) is 0 Å². The second kappa shape index (κ2) is 7.75. The van der Waals surface area contributed by atoms with Gasteiger partial charge in [-0.05, 0) is 49.3 Å². The molecule has 0 aromatic heterocycles. The van der Waals surface area contributed by atoms with Crippen molar-refractivity contribution in [3.8, 4) is 0 Å². The molecule has 1 aromatic carbocycles. The predicted octanol–water partition coefficient (Wildman–Crippen LogP) is 2.20. The van der Waals surface area contributed by atoms with Crippen molar-refractivity contribution in [3.05, 3.63) is 35.4 Å². The van der Waals surface area contributed by atoms with E-state index in [2.05, 4.69) is 34.9 Å². The molecule has 2 N–H and O–H groups in total. The molecule has 0 radical (unpaired) electrons. The van der Waals surface area contributed by atoms with Gasteiger partial charge in [-0.15, -0.1) is 0 Å². The van der Waals surface area contributed by atoms with Gasteiger partial charge in [0, 0.05) is 32.2 Å². The second-order valence-electron chi connectivity index (χ2n) is 6.35. The van der Waals surface area contributed by atoms with E-state index in [9.17, 15) is 4.79 Å². The first kappa shape index (κ1) is 15.5. The second-order valence-corrected chi connectivity index (χ2v) is 6.35. The number of amides is 1. The third-order valence-electron chi connectivity index (χ3n) is 4.84. The molecule has 1 fully saturated rings. The fraction of sp³-hybridized carbons (Fsp3) is 0.611. The number of nitrogens with one attached hydrogen (secondary N) is 2. The van der Waals surface area contributed by atoms with Crippen molar-refractivity contribution in [2.24, 2.45) is 5.92 Å². The van der Waals surface area contributed by atoms with E-state index in [-0.39, 0.29) is 11.9 Å². The van der Waals surface area contributed by atoms with Crippen molar-refractivity contribution >= 4 is 5.91 Å². The van der Waals surface area contributed by atoms with Gasteiger partial charge in [-0.3, -0.25) is 4.79 Å². The molecule has 1 saturated heterocycles. The summed E-state index contributed by atoms with van der Waals surface area (Å²) in [5.41, 5.74) is 2.74. The fourth-order valence-electron chi connectivity index (χ4n) is 3.45. The molecular weight excluding hydrogens is 276 g/mol. The third-order valence-corrected chi connectivity index (χ3v) is 4.84. The molecule has 1 amide bonds. The number of hydrogen-bond acceptors (Lipinski definition) is 3.